The zero-order chi connectivity index (χ0) is 12.7. The molecular formula is C13H19NO3. The summed E-state index contributed by atoms with van der Waals surface area (Å²) >= 11 is 0. The molecule has 1 rings (SSSR count). The van der Waals surface area contributed by atoms with Crippen molar-refractivity contribution in [3.8, 4) is 5.75 Å². The number of hydrogen-bond donors (Lipinski definition) is 1. The van der Waals surface area contributed by atoms with Crippen LogP contribution in [0.4, 0.5) is 0 Å². The largest absolute Gasteiger partial charge is 0.497 e. The number of carbonyl (C=O) groups is 1. The van der Waals surface area contributed by atoms with Crippen molar-refractivity contribution in [2.24, 2.45) is 0 Å². The molecule has 1 atom stereocenters. The molecular weight excluding hydrogens is 218 g/mol. The molecule has 0 aliphatic carbocycles. The predicted molar refractivity (Wildman–Crippen MR) is 66.2 cm³/mol. The number of rotatable bonds is 6. The topological polar surface area (TPSA) is 47.6 Å². The van der Waals surface area contributed by atoms with Gasteiger partial charge in [-0.3, -0.25) is 4.79 Å². The molecule has 0 aliphatic rings. The van der Waals surface area contributed by atoms with E-state index < -0.39 is 0 Å². The van der Waals surface area contributed by atoms with Gasteiger partial charge in [-0.1, -0.05) is 12.1 Å². The van der Waals surface area contributed by atoms with Crippen LogP contribution in [-0.4, -0.2) is 32.8 Å². The minimum atomic E-state index is -0.0113. The third kappa shape index (κ3) is 4.87. The summed E-state index contributed by atoms with van der Waals surface area (Å²) in [6.07, 6.45) is 0.352. The van der Waals surface area contributed by atoms with E-state index in [0.717, 1.165) is 11.3 Å². The Labute approximate surface area is 102 Å². The molecule has 0 saturated heterocycles. The molecule has 1 aromatic carbocycles. The van der Waals surface area contributed by atoms with Crippen molar-refractivity contribution in [2.45, 2.75) is 19.4 Å². The Balaban J connectivity index is 2.49. The first-order chi connectivity index (χ1) is 8.15. The van der Waals surface area contributed by atoms with Gasteiger partial charge in [-0.05, 0) is 24.6 Å². The van der Waals surface area contributed by atoms with Crippen molar-refractivity contribution >= 4 is 5.91 Å². The highest BCUT2D eigenvalue weighted by molar-refractivity contribution is 5.78. The summed E-state index contributed by atoms with van der Waals surface area (Å²) in [5, 5.41) is 2.86. The van der Waals surface area contributed by atoms with Crippen molar-refractivity contribution in [3.05, 3.63) is 29.8 Å². The van der Waals surface area contributed by atoms with Gasteiger partial charge in [-0.15, -0.1) is 0 Å². The van der Waals surface area contributed by atoms with Crippen LogP contribution in [0.25, 0.3) is 0 Å². The summed E-state index contributed by atoms with van der Waals surface area (Å²) in [5.41, 5.74) is 0.937. The third-order valence-corrected chi connectivity index (χ3v) is 2.32. The molecule has 0 spiro atoms. The minimum absolute atomic E-state index is 0.0113. The van der Waals surface area contributed by atoms with E-state index in [0.29, 0.717) is 13.0 Å². The average molecular weight is 237 g/mol. The normalized spacial score (nSPS) is 11.9. The van der Waals surface area contributed by atoms with Crippen LogP contribution in [0.2, 0.25) is 0 Å². The van der Waals surface area contributed by atoms with Crippen molar-refractivity contribution in [3.63, 3.8) is 0 Å². The molecule has 4 heteroatoms. The van der Waals surface area contributed by atoms with Crippen LogP contribution >= 0.6 is 0 Å². The summed E-state index contributed by atoms with van der Waals surface area (Å²) in [5.74, 6) is 0.753. The van der Waals surface area contributed by atoms with E-state index in [-0.39, 0.29) is 11.9 Å². The van der Waals surface area contributed by atoms with Gasteiger partial charge in [0.1, 0.15) is 5.75 Å². The first-order valence-corrected chi connectivity index (χ1v) is 5.57. The molecule has 0 bridgehead atoms. The number of methoxy groups -OCH3 is 2. The maximum atomic E-state index is 11.7. The Kier molecular flexibility index (Phi) is 5.49. The van der Waals surface area contributed by atoms with Gasteiger partial charge in [0.25, 0.3) is 0 Å². The maximum Gasteiger partial charge on any atom is 0.224 e. The Morgan fingerprint density at radius 3 is 2.82 bits per heavy atom. The third-order valence-electron chi connectivity index (χ3n) is 2.32. The molecule has 94 valence electrons. The number of carbonyl (C=O) groups excluding carboxylic acids is 1. The molecule has 0 radical (unpaired) electrons. The number of benzene rings is 1. The van der Waals surface area contributed by atoms with Gasteiger partial charge in [0.15, 0.2) is 0 Å². The lowest BCUT2D eigenvalue weighted by Gasteiger charge is -2.12. The maximum absolute atomic E-state index is 11.7. The molecule has 1 unspecified atom stereocenters. The Morgan fingerprint density at radius 1 is 1.41 bits per heavy atom. The average Bonchev–Trinajstić information content (AvgIpc) is 2.29. The van der Waals surface area contributed by atoms with E-state index >= 15 is 0 Å². The van der Waals surface area contributed by atoms with E-state index in [2.05, 4.69) is 5.32 Å². The molecule has 1 amide bonds. The minimum Gasteiger partial charge on any atom is -0.497 e. The van der Waals surface area contributed by atoms with E-state index in [1.807, 2.05) is 31.2 Å². The monoisotopic (exact) mass is 237 g/mol. The van der Waals surface area contributed by atoms with Crippen LogP contribution in [0.15, 0.2) is 24.3 Å². The number of hydrogen-bond acceptors (Lipinski definition) is 3. The van der Waals surface area contributed by atoms with Crippen LogP contribution in [0.1, 0.15) is 12.5 Å². The molecule has 4 nitrogen and oxygen atoms in total. The lowest BCUT2D eigenvalue weighted by Crippen LogP contribution is -2.36. The first kappa shape index (κ1) is 13.5. The van der Waals surface area contributed by atoms with Gasteiger partial charge in [-0.25, -0.2) is 0 Å². The Morgan fingerprint density at radius 2 is 2.18 bits per heavy atom. The van der Waals surface area contributed by atoms with Gasteiger partial charge >= 0.3 is 0 Å². The van der Waals surface area contributed by atoms with Crippen molar-refractivity contribution in [1.29, 1.82) is 0 Å². The van der Waals surface area contributed by atoms with Gasteiger partial charge < -0.3 is 14.8 Å². The Bertz CT molecular complexity index is 365. The van der Waals surface area contributed by atoms with Gasteiger partial charge in [0.2, 0.25) is 5.91 Å². The molecule has 0 fully saturated rings. The predicted octanol–water partition coefficient (Wildman–Crippen LogP) is 1.39. The van der Waals surface area contributed by atoms with Crippen LogP contribution < -0.4 is 10.1 Å². The smallest absolute Gasteiger partial charge is 0.224 e. The van der Waals surface area contributed by atoms with Crippen molar-refractivity contribution < 1.29 is 14.3 Å². The highest BCUT2D eigenvalue weighted by atomic mass is 16.5. The van der Waals surface area contributed by atoms with Crippen LogP contribution in [0.3, 0.4) is 0 Å². The zero-order valence-corrected chi connectivity index (χ0v) is 10.5. The number of amides is 1. The lowest BCUT2D eigenvalue weighted by molar-refractivity contribution is -0.121. The van der Waals surface area contributed by atoms with Gasteiger partial charge in [0, 0.05) is 13.2 Å². The summed E-state index contributed by atoms with van der Waals surface area (Å²) in [7, 11) is 3.23. The summed E-state index contributed by atoms with van der Waals surface area (Å²) < 4.78 is 10.1. The lowest BCUT2D eigenvalue weighted by atomic mass is 10.1. The first-order valence-electron chi connectivity index (χ1n) is 5.57. The second-order valence-corrected chi connectivity index (χ2v) is 3.95. The van der Waals surface area contributed by atoms with Crippen LogP contribution in [0.5, 0.6) is 5.75 Å². The van der Waals surface area contributed by atoms with Crippen LogP contribution in [-0.2, 0) is 16.0 Å². The summed E-state index contributed by atoms with van der Waals surface area (Å²) in [6, 6.07) is 7.52. The zero-order valence-electron chi connectivity index (χ0n) is 10.5. The fourth-order valence-corrected chi connectivity index (χ4v) is 1.59. The highest BCUT2D eigenvalue weighted by Crippen LogP contribution is 2.12. The number of nitrogens with one attached hydrogen (secondary N) is 1. The van der Waals surface area contributed by atoms with Gasteiger partial charge in [-0.2, -0.15) is 0 Å². The quantitative estimate of drug-likeness (QED) is 0.813. The van der Waals surface area contributed by atoms with Gasteiger partial charge in [0.05, 0.1) is 20.1 Å². The fourth-order valence-electron chi connectivity index (χ4n) is 1.59. The summed E-state index contributed by atoms with van der Waals surface area (Å²) in [6.45, 7) is 2.43. The van der Waals surface area contributed by atoms with E-state index in [9.17, 15) is 4.79 Å². The Hall–Kier alpha value is -1.55. The van der Waals surface area contributed by atoms with E-state index in [1.165, 1.54) is 0 Å². The SMILES string of the molecule is COCC(C)NC(=O)Cc1cccc(OC)c1. The number of ether oxygens (including phenoxy) is 2. The molecule has 1 N–H and O–H groups in total. The fraction of sp³-hybridized carbons (Fsp3) is 0.462. The van der Waals surface area contributed by atoms with E-state index in [4.69, 9.17) is 9.47 Å². The second kappa shape index (κ2) is 6.91. The van der Waals surface area contributed by atoms with Crippen LogP contribution in [0, 0.1) is 0 Å². The highest BCUT2D eigenvalue weighted by Gasteiger charge is 2.08. The molecule has 0 heterocycles. The van der Waals surface area contributed by atoms with Crippen molar-refractivity contribution in [2.75, 3.05) is 20.8 Å². The van der Waals surface area contributed by atoms with E-state index in [1.54, 1.807) is 14.2 Å². The summed E-state index contributed by atoms with van der Waals surface area (Å²) in [4.78, 5) is 11.7. The molecule has 0 aliphatic heterocycles. The molecule has 0 aromatic heterocycles. The second-order valence-electron chi connectivity index (χ2n) is 3.95. The molecule has 1 aromatic rings. The molecule has 17 heavy (non-hydrogen) atoms. The standard InChI is InChI=1S/C13H19NO3/c1-10(9-16-2)14-13(15)8-11-5-4-6-12(7-11)17-3/h4-7,10H,8-9H2,1-3H3,(H,14,15). The van der Waals surface area contributed by atoms with Crippen molar-refractivity contribution in [1.82, 2.24) is 5.32 Å². The molecule has 0 saturated carbocycles.